The summed E-state index contributed by atoms with van der Waals surface area (Å²) in [7, 11) is 0. The Balaban J connectivity index is 2.18. The number of aliphatic hydroxyl groups is 1. The molecular weight excluding hydrogens is 245 g/mol. The van der Waals surface area contributed by atoms with Gasteiger partial charge in [0.2, 0.25) is 0 Å². The minimum Gasteiger partial charge on any atom is -0.391 e. The Labute approximate surface area is 106 Å². The highest BCUT2D eigenvalue weighted by Gasteiger charge is 2.25. The molecule has 0 aromatic heterocycles. The van der Waals surface area contributed by atoms with E-state index in [1.54, 1.807) is 0 Å². The Morgan fingerprint density at radius 3 is 2.62 bits per heavy atom. The molecule has 0 amide bonds. The van der Waals surface area contributed by atoms with Gasteiger partial charge in [0.15, 0.2) is 0 Å². The second-order valence-electron chi connectivity index (χ2n) is 4.33. The first kappa shape index (κ1) is 12.0. The summed E-state index contributed by atoms with van der Waals surface area (Å²) >= 11 is 12.2. The fourth-order valence-electron chi connectivity index (χ4n) is 2.07. The summed E-state index contributed by atoms with van der Waals surface area (Å²) in [6.45, 7) is 1.92. The lowest BCUT2D eigenvalue weighted by atomic mass is 10.1. The van der Waals surface area contributed by atoms with Crippen LogP contribution in [0.4, 0.5) is 5.69 Å². The third-order valence-corrected chi connectivity index (χ3v) is 3.79. The Bertz CT molecular complexity index is 395. The zero-order valence-corrected chi connectivity index (χ0v) is 10.6. The summed E-state index contributed by atoms with van der Waals surface area (Å²) in [5.41, 5.74) is 1.77. The quantitative estimate of drug-likeness (QED) is 0.851. The van der Waals surface area contributed by atoms with Crippen LogP contribution < -0.4 is 5.32 Å². The van der Waals surface area contributed by atoms with Crippen molar-refractivity contribution in [1.82, 2.24) is 0 Å². The fourth-order valence-corrected chi connectivity index (χ4v) is 2.50. The first-order chi connectivity index (χ1) is 7.58. The summed E-state index contributed by atoms with van der Waals surface area (Å²) in [6, 6.07) is 3.76. The third kappa shape index (κ3) is 2.45. The van der Waals surface area contributed by atoms with E-state index in [-0.39, 0.29) is 12.1 Å². The highest BCUT2D eigenvalue weighted by atomic mass is 35.5. The van der Waals surface area contributed by atoms with E-state index in [0.717, 1.165) is 30.5 Å². The zero-order valence-electron chi connectivity index (χ0n) is 9.13. The number of nitrogens with one attached hydrogen (secondary N) is 1. The molecule has 2 nitrogen and oxygen atoms in total. The Morgan fingerprint density at radius 2 is 2.00 bits per heavy atom. The molecule has 0 aliphatic heterocycles. The SMILES string of the molecule is Cc1cc(Cl)c(N[C@H]2CCC[C@@H]2O)cc1Cl. The molecular formula is C12H15Cl2NO. The summed E-state index contributed by atoms with van der Waals surface area (Å²) in [6.07, 6.45) is 2.60. The topological polar surface area (TPSA) is 32.3 Å². The van der Waals surface area contributed by atoms with Gasteiger partial charge in [-0.2, -0.15) is 0 Å². The molecule has 0 saturated heterocycles. The van der Waals surface area contributed by atoms with Crippen molar-refractivity contribution in [3.63, 3.8) is 0 Å². The van der Waals surface area contributed by atoms with E-state index in [1.807, 2.05) is 19.1 Å². The number of hydrogen-bond acceptors (Lipinski definition) is 2. The molecule has 16 heavy (non-hydrogen) atoms. The highest BCUT2D eigenvalue weighted by Crippen LogP contribution is 2.31. The van der Waals surface area contributed by atoms with E-state index in [4.69, 9.17) is 23.2 Å². The number of aryl methyl sites for hydroxylation is 1. The number of halogens is 2. The molecule has 88 valence electrons. The van der Waals surface area contributed by atoms with Crippen molar-refractivity contribution in [2.45, 2.75) is 38.3 Å². The minimum atomic E-state index is -0.281. The average Bonchev–Trinajstić information content (AvgIpc) is 2.61. The molecule has 1 fully saturated rings. The van der Waals surface area contributed by atoms with Gasteiger partial charge < -0.3 is 10.4 Å². The van der Waals surface area contributed by atoms with Crippen molar-refractivity contribution >= 4 is 28.9 Å². The van der Waals surface area contributed by atoms with E-state index in [1.165, 1.54) is 0 Å². The standard InChI is InChI=1S/C12H15Cl2NO/c1-7-5-9(14)11(6-8(7)13)15-10-3-2-4-12(10)16/h5-6,10,12,15-16H,2-4H2,1H3/t10-,12-/m0/s1. The molecule has 2 rings (SSSR count). The van der Waals surface area contributed by atoms with Crippen LogP contribution in [-0.4, -0.2) is 17.3 Å². The largest absolute Gasteiger partial charge is 0.391 e. The first-order valence-corrected chi connectivity index (χ1v) is 6.24. The van der Waals surface area contributed by atoms with Gasteiger partial charge in [0, 0.05) is 5.02 Å². The first-order valence-electron chi connectivity index (χ1n) is 5.48. The van der Waals surface area contributed by atoms with Gasteiger partial charge in [-0.3, -0.25) is 0 Å². The van der Waals surface area contributed by atoms with Crippen LogP contribution in [0.2, 0.25) is 10.0 Å². The van der Waals surface area contributed by atoms with Gasteiger partial charge in [0.05, 0.1) is 22.9 Å². The van der Waals surface area contributed by atoms with Crippen LogP contribution in [0.1, 0.15) is 24.8 Å². The Morgan fingerprint density at radius 1 is 1.25 bits per heavy atom. The van der Waals surface area contributed by atoms with Crippen molar-refractivity contribution < 1.29 is 5.11 Å². The Hall–Kier alpha value is -0.440. The van der Waals surface area contributed by atoms with Gasteiger partial charge in [-0.1, -0.05) is 23.2 Å². The van der Waals surface area contributed by atoms with Crippen LogP contribution in [0.5, 0.6) is 0 Å². The van der Waals surface area contributed by atoms with Crippen LogP contribution in [0.3, 0.4) is 0 Å². The van der Waals surface area contributed by atoms with Crippen LogP contribution in [0.25, 0.3) is 0 Å². The number of aliphatic hydroxyl groups excluding tert-OH is 1. The predicted octanol–water partition coefficient (Wildman–Crippen LogP) is 3.63. The van der Waals surface area contributed by atoms with Crippen molar-refractivity contribution in [3.05, 3.63) is 27.7 Å². The number of benzene rings is 1. The predicted molar refractivity (Wildman–Crippen MR) is 68.5 cm³/mol. The van der Waals surface area contributed by atoms with E-state index < -0.39 is 0 Å². The lowest BCUT2D eigenvalue weighted by Gasteiger charge is -2.19. The van der Waals surface area contributed by atoms with Gasteiger partial charge in [-0.25, -0.2) is 0 Å². The zero-order chi connectivity index (χ0) is 11.7. The molecule has 1 aliphatic carbocycles. The summed E-state index contributed by atoms with van der Waals surface area (Å²) < 4.78 is 0. The van der Waals surface area contributed by atoms with E-state index in [9.17, 15) is 5.11 Å². The lowest BCUT2D eigenvalue weighted by molar-refractivity contribution is 0.172. The third-order valence-electron chi connectivity index (χ3n) is 3.07. The van der Waals surface area contributed by atoms with Crippen LogP contribution in [0, 0.1) is 6.92 Å². The summed E-state index contributed by atoms with van der Waals surface area (Å²) in [5.74, 6) is 0. The number of hydrogen-bond donors (Lipinski definition) is 2. The van der Waals surface area contributed by atoms with Gasteiger partial charge in [-0.05, 0) is 43.9 Å². The molecule has 1 aromatic carbocycles. The van der Waals surface area contributed by atoms with Crippen molar-refractivity contribution in [3.8, 4) is 0 Å². The lowest BCUT2D eigenvalue weighted by Crippen LogP contribution is -2.28. The fraction of sp³-hybridized carbons (Fsp3) is 0.500. The normalized spacial score (nSPS) is 24.8. The van der Waals surface area contributed by atoms with E-state index in [2.05, 4.69) is 5.32 Å². The summed E-state index contributed by atoms with van der Waals surface area (Å²) in [4.78, 5) is 0. The number of anilines is 1. The van der Waals surface area contributed by atoms with Crippen LogP contribution in [-0.2, 0) is 0 Å². The van der Waals surface area contributed by atoms with E-state index in [0.29, 0.717) is 10.0 Å². The smallest absolute Gasteiger partial charge is 0.0741 e. The van der Waals surface area contributed by atoms with Crippen LogP contribution in [0.15, 0.2) is 12.1 Å². The second kappa shape index (κ2) is 4.82. The molecule has 0 heterocycles. The van der Waals surface area contributed by atoms with Gasteiger partial charge in [-0.15, -0.1) is 0 Å². The highest BCUT2D eigenvalue weighted by molar-refractivity contribution is 6.35. The maximum atomic E-state index is 9.73. The molecule has 1 aromatic rings. The molecule has 4 heteroatoms. The molecule has 0 spiro atoms. The Kier molecular flexibility index (Phi) is 3.63. The number of rotatable bonds is 2. The van der Waals surface area contributed by atoms with Gasteiger partial charge >= 0.3 is 0 Å². The molecule has 1 saturated carbocycles. The average molecular weight is 260 g/mol. The monoisotopic (exact) mass is 259 g/mol. The molecule has 2 N–H and O–H groups in total. The van der Waals surface area contributed by atoms with Crippen molar-refractivity contribution in [2.24, 2.45) is 0 Å². The maximum Gasteiger partial charge on any atom is 0.0741 e. The molecule has 0 unspecified atom stereocenters. The van der Waals surface area contributed by atoms with Gasteiger partial charge in [0.25, 0.3) is 0 Å². The van der Waals surface area contributed by atoms with Crippen molar-refractivity contribution in [1.29, 1.82) is 0 Å². The maximum absolute atomic E-state index is 9.73. The molecule has 0 bridgehead atoms. The van der Waals surface area contributed by atoms with Gasteiger partial charge in [0.1, 0.15) is 0 Å². The van der Waals surface area contributed by atoms with E-state index >= 15 is 0 Å². The summed E-state index contributed by atoms with van der Waals surface area (Å²) in [5, 5.41) is 14.3. The van der Waals surface area contributed by atoms with Crippen LogP contribution >= 0.6 is 23.2 Å². The molecule has 2 atom stereocenters. The minimum absolute atomic E-state index is 0.0938. The second-order valence-corrected chi connectivity index (χ2v) is 5.14. The molecule has 1 aliphatic rings. The van der Waals surface area contributed by atoms with Crippen molar-refractivity contribution in [2.75, 3.05) is 5.32 Å². The molecule has 0 radical (unpaired) electrons.